The fourth-order valence-corrected chi connectivity index (χ4v) is 3.00. The van der Waals surface area contributed by atoms with Crippen LogP contribution in [0.3, 0.4) is 0 Å². The van der Waals surface area contributed by atoms with E-state index in [2.05, 4.69) is 11.1 Å². The fourth-order valence-electron chi connectivity index (χ4n) is 3.00. The normalized spacial score (nSPS) is 13.0. The van der Waals surface area contributed by atoms with E-state index in [0.717, 1.165) is 22.5 Å². The Balaban J connectivity index is 1.90. The van der Waals surface area contributed by atoms with Crippen molar-refractivity contribution >= 4 is 5.91 Å². The van der Waals surface area contributed by atoms with Crippen molar-refractivity contribution < 1.29 is 4.79 Å². The molecular formula is C19H14N4O. The Morgan fingerprint density at radius 2 is 2.04 bits per heavy atom. The highest BCUT2D eigenvalue weighted by atomic mass is 16.2. The van der Waals surface area contributed by atoms with Gasteiger partial charge >= 0.3 is 0 Å². The van der Waals surface area contributed by atoms with Crippen LogP contribution in [0.2, 0.25) is 0 Å². The molecule has 0 spiro atoms. The van der Waals surface area contributed by atoms with Crippen LogP contribution in [0.25, 0.3) is 16.8 Å². The summed E-state index contributed by atoms with van der Waals surface area (Å²) in [6.45, 7) is 0.467. The minimum Gasteiger partial charge on any atom is -0.334 e. The first kappa shape index (κ1) is 14.2. The quantitative estimate of drug-likeness (QED) is 0.693. The average Bonchev–Trinajstić information content (AvgIpc) is 3.07. The van der Waals surface area contributed by atoms with Crippen LogP contribution in [0.4, 0.5) is 0 Å². The van der Waals surface area contributed by atoms with E-state index in [1.165, 1.54) is 0 Å². The second-order valence-electron chi connectivity index (χ2n) is 5.81. The number of fused-ring (bicyclic) bond motifs is 3. The Labute approximate surface area is 139 Å². The number of nitriles is 1. The molecule has 1 aliphatic rings. The van der Waals surface area contributed by atoms with Gasteiger partial charge in [0.1, 0.15) is 5.69 Å². The van der Waals surface area contributed by atoms with Crippen molar-refractivity contribution in [3.63, 3.8) is 0 Å². The van der Waals surface area contributed by atoms with Gasteiger partial charge in [-0.05, 0) is 35.9 Å². The molecule has 0 radical (unpaired) electrons. The van der Waals surface area contributed by atoms with Crippen LogP contribution >= 0.6 is 0 Å². The second kappa shape index (κ2) is 5.36. The van der Waals surface area contributed by atoms with Crippen molar-refractivity contribution in [1.29, 1.82) is 5.26 Å². The third-order valence-electron chi connectivity index (χ3n) is 4.23. The van der Waals surface area contributed by atoms with Gasteiger partial charge in [0.25, 0.3) is 5.91 Å². The van der Waals surface area contributed by atoms with Crippen molar-refractivity contribution in [3.05, 3.63) is 71.8 Å². The van der Waals surface area contributed by atoms with E-state index in [4.69, 9.17) is 5.26 Å². The summed E-state index contributed by atoms with van der Waals surface area (Å²) in [4.78, 5) is 18.7. The monoisotopic (exact) mass is 314 g/mol. The van der Waals surface area contributed by atoms with E-state index >= 15 is 0 Å². The molecular weight excluding hydrogens is 300 g/mol. The standard InChI is InChI=1S/C19H14N4O/c1-22-12-16-18(23-7-3-6-17(23)19(22)24)9-15(11-21-16)14-5-2-4-13(8-14)10-20/h2-9,11H,12H2,1H3. The molecule has 24 heavy (non-hydrogen) atoms. The Kier molecular flexibility index (Phi) is 3.17. The molecule has 5 nitrogen and oxygen atoms in total. The van der Waals surface area contributed by atoms with Crippen molar-refractivity contribution in [2.45, 2.75) is 6.54 Å². The van der Waals surface area contributed by atoms with Gasteiger partial charge in [-0.2, -0.15) is 5.26 Å². The van der Waals surface area contributed by atoms with Gasteiger partial charge in [-0.25, -0.2) is 0 Å². The summed E-state index contributed by atoms with van der Waals surface area (Å²) < 4.78 is 1.88. The average molecular weight is 314 g/mol. The maximum atomic E-state index is 12.4. The molecule has 3 heterocycles. The first-order valence-electron chi connectivity index (χ1n) is 7.60. The first-order chi connectivity index (χ1) is 11.7. The third-order valence-corrected chi connectivity index (χ3v) is 4.23. The number of rotatable bonds is 1. The number of hydrogen-bond donors (Lipinski definition) is 0. The number of pyridine rings is 1. The fraction of sp³-hybridized carbons (Fsp3) is 0.105. The lowest BCUT2D eigenvalue weighted by atomic mass is 10.0. The Morgan fingerprint density at radius 1 is 1.17 bits per heavy atom. The molecule has 1 amide bonds. The van der Waals surface area contributed by atoms with Crippen LogP contribution in [0.1, 0.15) is 21.7 Å². The molecule has 5 heteroatoms. The highest BCUT2D eigenvalue weighted by Crippen LogP contribution is 2.28. The summed E-state index contributed by atoms with van der Waals surface area (Å²) in [5, 5.41) is 9.09. The SMILES string of the molecule is CN1Cc2ncc(-c3cccc(C#N)c3)cc2-n2cccc2C1=O. The molecule has 116 valence electrons. The van der Waals surface area contributed by atoms with Crippen LogP contribution < -0.4 is 0 Å². The van der Waals surface area contributed by atoms with Crippen LogP contribution in [-0.2, 0) is 6.54 Å². The lowest BCUT2D eigenvalue weighted by molar-refractivity contribution is 0.0781. The van der Waals surface area contributed by atoms with Crippen LogP contribution in [-0.4, -0.2) is 27.4 Å². The Hall–Kier alpha value is -3.39. The van der Waals surface area contributed by atoms with E-state index < -0.39 is 0 Å². The summed E-state index contributed by atoms with van der Waals surface area (Å²) in [5.74, 6) is -0.0222. The van der Waals surface area contributed by atoms with E-state index in [1.54, 1.807) is 24.2 Å². The molecule has 0 bridgehead atoms. The molecule has 0 unspecified atom stereocenters. The predicted molar refractivity (Wildman–Crippen MR) is 89.5 cm³/mol. The maximum Gasteiger partial charge on any atom is 0.270 e. The van der Waals surface area contributed by atoms with Crippen molar-refractivity contribution in [2.75, 3.05) is 7.05 Å². The van der Waals surface area contributed by atoms with E-state index in [-0.39, 0.29) is 5.91 Å². The molecule has 1 aliphatic heterocycles. The molecule has 0 aliphatic carbocycles. The van der Waals surface area contributed by atoms with Gasteiger partial charge in [0.15, 0.2) is 0 Å². The lowest BCUT2D eigenvalue weighted by Crippen LogP contribution is -2.25. The molecule has 2 aromatic heterocycles. The topological polar surface area (TPSA) is 61.9 Å². The summed E-state index contributed by atoms with van der Waals surface area (Å²) in [5.41, 5.74) is 4.83. The Bertz CT molecular complexity index is 997. The second-order valence-corrected chi connectivity index (χ2v) is 5.81. The number of benzene rings is 1. The van der Waals surface area contributed by atoms with Gasteiger partial charge in [0.05, 0.1) is 29.6 Å². The van der Waals surface area contributed by atoms with Crippen LogP contribution in [0.15, 0.2) is 54.9 Å². The predicted octanol–water partition coefficient (Wildman–Crippen LogP) is 3.00. The smallest absolute Gasteiger partial charge is 0.270 e. The minimum absolute atomic E-state index is 0.0222. The summed E-state index contributed by atoms with van der Waals surface area (Å²) >= 11 is 0. The van der Waals surface area contributed by atoms with Crippen molar-refractivity contribution in [2.24, 2.45) is 0 Å². The zero-order valence-electron chi connectivity index (χ0n) is 13.1. The van der Waals surface area contributed by atoms with Gasteiger partial charge in [-0.3, -0.25) is 9.78 Å². The third kappa shape index (κ3) is 2.17. The van der Waals surface area contributed by atoms with Crippen molar-refractivity contribution in [3.8, 4) is 22.9 Å². The number of carbonyl (C=O) groups is 1. The summed E-state index contributed by atoms with van der Waals surface area (Å²) in [6, 6.07) is 15.3. The molecule has 0 saturated carbocycles. The van der Waals surface area contributed by atoms with Gasteiger partial charge in [-0.1, -0.05) is 12.1 Å². The molecule has 0 atom stereocenters. The molecule has 0 saturated heterocycles. The number of hydrogen-bond acceptors (Lipinski definition) is 3. The van der Waals surface area contributed by atoms with Gasteiger partial charge < -0.3 is 9.47 Å². The zero-order chi connectivity index (χ0) is 16.7. The minimum atomic E-state index is -0.0222. The largest absolute Gasteiger partial charge is 0.334 e. The number of nitrogens with zero attached hydrogens (tertiary/aromatic N) is 4. The van der Waals surface area contributed by atoms with E-state index in [0.29, 0.717) is 17.8 Å². The highest BCUT2D eigenvalue weighted by Gasteiger charge is 2.24. The molecule has 4 rings (SSSR count). The van der Waals surface area contributed by atoms with Gasteiger partial charge in [0, 0.05) is 25.0 Å². The van der Waals surface area contributed by atoms with E-state index in [9.17, 15) is 4.79 Å². The van der Waals surface area contributed by atoms with Crippen molar-refractivity contribution in [1.82, 2.24) is 14.5 Å². The lowest BCUT2D eigenvalue weighted by Gasteiger charge is -2.13. The van der Waals surface area contributed by atoms with E-state index in [1.807, 2.05) is 47.2 Å². The molecule has 1 aromatic carbocycles. The van der Waals surface area contributed by atoms with Gasteiger partial charge in [0.2, 0.25) is 0 Å². The maximum absolute atomic E-state index is 12.4. The zero-order valence-corrected chi connectivity index (χ0v) is 13.1. The Morgan fingerprint density at radius 3 is 2.88 bits per heavy atom. The van der Waals surface area contributed by atoms with Gasteiger partial charge in [-0.15, -0.1) is 0 Å². The number of carbonyl (C=O) groups excluding carboxylic acids is 1. The number of amides is 1. The van der Waals surface area contributed by atoms with Crippen LogP contribution in [0.5, 0.6) is 0 Å². The molecule has 0 N–H and O–H groups in total. The molecule has 0 fully saturated rings. The van der Waals surface area contributed by atoms with Crippen LogP contribution in [0, 0.1) is 11.3 Å². The first-order valence-corrected chi connectivity index (χ1v) is 7.60. The molecule has 3 aromatic rings. The summed E-state index contributed by atoms with van der Waals surface area (Å²) in [6.07, 6.45) is 3.67. The highest BCUT2D eigenvalue weighted by molar-refractivity contribution is 5.94. The summed E-state index contributed by atoms with van der Waals surface area (Å²) in [7, 11) is 1.78. The number of aromatic nitrogens is 2.